The molecule has 10 heavy (non-hydrogen) atoms. The van der Waals surface area contributed by atoms with Crippen molar-refractivity contribution in [1.29, 1.82) is 0 Å². The second kappa shape index (κ2) is 9.07. The van der Waals surface area contributed by atoms with Crippen LogP contribution in [0.25, 0.3) is 0 Å². The predicted octanol–water partition coefficient (Wildman–Crippen LogP) is -0.854. The maximum Gasteiger partial charge on any atom is 0.0978 e. The molecule has 0 aromatic rings. The molecule has 1 radical (unpaired) electrons. The van der Waals surface area contributed by atoms with Crippen LogP contribution in [0.15, 0.2) is 5.10 Å². The summed E-state index contributed by atoms with van der Waals surface area (Å²) in [5.41, 5.74) is 7.18. The summed E-state index contributed by atoms with van der Waals surface area (Å²) in [6, 6.07) is 0. The van der Waals surface area contributed by atoms with Crippen LogP contribution in [0.4, 0.5) is 0 Å². The molecule has 0 atom stereocenters. The van der Waals surface area contributed by atoms with Gasteiger partial charge in [0, 0.05) is 32.7 Å². The maximum atomic E-state index is 10.0. The fourth-order valence-electron chi connectivity index (χ4n) is 0.222. The monoisotopic (exact) mass is 216 g/mol. The van der Waals surface area contributed by atoms with Crippen molar-refractivity contribution in [3.8, 4) is 0 Å². The Morgan fingerprint density at radius 2 is 2.40 bits per heavy atom. The molecule has 0 rings (SSSR count). The molecule has 4 nitrogen and oxygen atoms in total. The van der Waals surface area contributed by atoms with Gasteiger partial charge in [-0.1, -0.05) is 0 Å². The van der Waals surface area contributed by atoms with Crippen LogP contribution in [0.3, 0.4) is 0 Å². The molecule has 0 saturated carbocycles. The van der Waals surface area contributed by atoms with E-state index in [4.69, 9.17) is 5.73 Å². The number of nitrogens with zero attached hydrogens (tertiary/aromatic N) is 1. The van der Waals surface area contributed by atoms with E-state index in [0.29, 0.717) is 13.0 Å². The third-order valence-corrected chi connectivity index (χ3v) is 0.516. The van der Waals surface area contributed by atoms with Gasteiger partial charge in [0.15, 0.2) is 0 Å². The molecule has 0 heterocycles. The number of rotatable bonds is 3. The number of carbonyl (C=O) groups is 1. The fourth-order valence-corrected chi connectivity index (χ4v) is 0.222. The predicted molar refractivity (Wildman–Crippen MR) is 34.6 cm³/mol. The molecule has 0 spiro atoms. The zero-order valence-electron chi connectivity index (χ0n) is 5.63. The summed E-state index contributed by atoms with van der Waals surface area (Å²) in [5.74, 6) is -0.445. The van der Waals surface area contributed by atoms with Crippen LogP contribution in [0, 0.1) is 6.92 Å². The largest absolute Gasteiger partial charge is 0.400 e. The third kappa shape index (κ3) is 11.0. The van der Waals surface area contributed by atoms with Gasteiger partial charge in [-0.2, -0.15) is 6.42 Å². The molecule has 0 aliphatic carbocycles. The Morgan fingerprint density at radius 1 is 1.80 bits per heavy atom. The molecule has 3 N–H and O–H groups in total. The normalized spacial score (nSPS) is 8.90. The van der Waals surface area contributed by atoms with Crippen molar-refractivity contribution in [2.24, 2.45) is 10.8 Å². The average molecular weight is 216 g/mol. The molecule has 55 valence electrons. The summed E-state index contributed by atoms with van der Waals surface area (Å²) in [6.45, 7) is 3.50. The van der Waals surface area contributed by atoms with Crippen LogP contribution in [-0.4, -0.2) is 18.7 Å². The van der Waals surface area contributed by atoms with Crippen molar-refractivity contribution in [3.05, 3.63) is 6.92 Å². The van der Waals surface area contributed by atoms with Crippen molar-refractivity contribution in [2.45, 2.75) is 6.42 Å². The zero-order chi connectivity index (χ0) is 7.11. The van der Waals surface area contributed by atoms with Crippen LogP contribution < -0.4 is 11.2 Å². The summed E-state index contributed by atoms with van der Waals surface area (Å²) in [5, 5.41) is 3.37. The summed E-state index contributed by atoms with van der Waals surface area (Å²) >= 11 is 0. The molecule has 0 bridgehead atoms. The van der Waals surface area contributed by atoms with E-state index in [1.165, 1.54) is 0 Å². The number of carbonyl (C=O) groups excluding carboxylic acids is 1. The molecule has 0 aromatic heterocycles. The van der Waals surface area contributed by atoms with E-state index >= 15 is 0 Å². The Hall–Kier alpha value is 0.0739. The summed E-state index contributed by atoms with van der Waals surface area (Å²) in [6.07, 6.45) is 3.04. The van der Waals surface area contributed by atoms with E-state index in [0.717, 1.165) is 0 Å². The van der Waals surface area contributed by atoms with Gasteiger partial charge in [0.05, 0.1) is 5.91 Å². The number of hydrogen-bond donors (Lipinski definition) is 2. The topological polar surface area (TPSA) is 67.5 Å². The van der Waals surface area contributed by atoms with Crippen LogP contribution in [0.5, 0.6) is 0 Å². The van der Waals surface area contributed by atoms with Crippen molar-refractivity contribution < 1.29 is 37.5 Å². The minimum atomic E-state index is -0.445. The maximum absolute atomic E-state index is 10.0. The van der Waals surface area contributed by atoms with E-state index in [9.17, 15) is 4.79 Å². The van der Waals surface area contributed by atoms with E-state index in [2.05, 4.69) is 23.7 Å². The van der Waals surface area contributed by atoms with Crippen molar-refractivity contribution in [1.82, 2.24) is 5.43 Å². The Bertz CT molecular complexity index is 115. The first-order chi connectivity index (χ1) is 4.27. The smallest absolute Gasteiger partial charge is 0.0978 e. The molecular formula is C5H9N3OY-2. The third-order valence-electron chi connectivity index (χ3n) is 0.516. The first-order valence-electron chi connectivity index (χ1n) is 2.52. The number of nitrogens with two attached hydrogens (primary N) is 1. The molecule has 0 aliphatic rings. The molecular weight excluding hydrogens is 207 g/mol. The van der Waals surface area contributed by atoms with Gasteiger partial charge in [-0.15, -0.1) is 0 Å². The summed E-state index contributed by atoms with van der Waals surface area (Å²) < 4.78 is 0. The second-order valence-corrected chi connectivity index (χ2v) is 1.34. The number of hydrazone groups is 1. The summed E-state index contributed by atoms with van der Waals surface area (Å²) in [7, 11) is 0. The van der Waals surface area contributed by atoms with E-state index < -0.39 is 5.91 Å². The number of hydrogen-bond acceptors (Lipinski definition) is 3. The van der Waals surface area contributed by atoms with Crippen molar-refractivity contribution >= 4 is 12.1 Å². The molecule has 0 unspecified atom stereocenters. The zero-order valence-corrected chi connectivity index (χ0v) is 8.47. The minimum Gasteiger partial charge on any atom is -0.400 e. The van der Waals surface area contributed by atoms with Gasteiger partial charge in [0.2, 0.25) is 0 Å². The van der Waals surface area contributed by atoms with Gasteiger partial charge in [0.1, 0.15) is 0 Å². The Morgan fingerprint density at radius 3 is 2.80 bits per heavy atom. The molecule has 0 aromatic carbocycles. The molecule has 0 aliphatic heterocycles. The van der Waals surface area contributed by atoms with Crippen molar-refractivity contribution in [3.63, 3.8) is 0 Å². The second-order valence-electron chi connectivity index (χ2n) is 1.34. The number of nitrogens with one attached hydrogen (secondary N) is 1. The standard InChI is InChI=1S/C5H9N3O.Y/c1-5(9)8-7-4-2-3-6;/h1-3,6H2,(H,8,9);/q-2;. The van der Waals surface area contributed by atoms with Crippen LogP contribution in [-0.2, 0) is 37.5 Å². The van der Waals surface area contributed by atoms with Gasteiger partial charge < -0.3 is 34.2 Å². The Labute approximate surface area is 85.5 Å². The van der Waals surface area contributed by atoms with Gasteiger partial charge >= 0.3 is 0 Å². The van der Waals surface area contributed by atoms with E-state index in [-0.39, 0.29) is 32.7 Å². The van der Waals surface area contributed by atoms with Gasteiger partial charge in [-0.05, 0) is 6.54 Å². The van der Waals surface area contributed by atoms with Crippen LogP contribution in [0.1, 0.15) is 6.42 Å². The SMILES string of the molecule is [CH2-]C(=O)NN=[C-]CCN.[Y]. The molecule has 0 saturated heterocycles. The first-order valence-corrected chi connectivity index (χ1v) is 2.52. The quantitative estimate of drug-likeness (QED) is 0.366. The van der Waals surface area contributed by atoms with E-state index in [1.807, 2.05) is 0 Å². The average Bonchev–Trinajstić information content (AvgIpc) is 1.80. The first kappa shape index (κ1) is 12.7. The minimum absolute atomic E-state index is 0. The molecule has 1 amide bonds. The van der Waals surface area contributed by atoms with Gasteiger partial charge in [-0.25, -0.2) is 0 Å². The molecule has 5 heteroatoms. The van der Waals surface area contributed by atoms with Crippen LogP contribution in [0.2, 0.25) is 0 Å². The van der Waals surface area contributed by atoms with E-state index in [1.54, 1.807) is 0 Å². The van der Waals surface area contributed by atoms with Gasteiger partial charge in [0.25, 0.3) is 0 Å². The summed E-state index contributed by atoms with van der Waals surface area (Å²) in [4.78, 5) is 10.0. The van der Waals surface area contributed by atoms with Crippen molar-refractivity contribution in [2.75, 3.05) is 6.54 Å². The molecule has 0 fully saturated rings. The van der Waals surface area contributed by atoms with Gasteiger partial charge in [-0.3, -0.25) is 0 Å². The fraction of sp³-hybridized carbons (Fsp3) is 0.400. The van der Waals surface area contributed by atoms with Crippen LogP contribution >= 0.6 is 0 Å². The Balaban J connectivity index is 0. The Kier molecular flexibility index (Phi) is 11.5. The number of amides is 1.